The number of benzene rings is 2. The summed E-state index contributed by atoms with van der Waals surface area (Å²) in [5.74, 6) is 0.719. The number of rotatable bonds is 4. The molecule has 3 rings (SSSR count). The van der Waals surface area contributed by atoms with Crippen molar-refractivity contribution in [2.24, 2.45) is 0 Å². The molecule has 0 aliphatic carbocycles. The molecular formula is C17H17FN2O3. The van der Waals surface area contributed by atoms with Crippen molar-refractivity contribution in [3.8, 4) is 11.5 Å². The number of carbonyl (C=O) groups excluding carboxylic acids is 1. The van der Waals surface area contributed by atoms with Crippen LogP contribution in [0.4, 0.5) is 15.8 Å². The molecule has 0 unspecified atom stereocenters. The van der Waals surface area contributed by atoms with Gasteiger partial charge in [-0.3, -0.25) is 4.79 Å². The first-order valence-electron chi connectivity index (χ1n) is 7.26. The third-order valence-corrected chi connectivity index (χ3v) is 3.59. The third-order valence-electron chi connectivity index (χ3n) is 3.59. The molecule has 2 aromatic carbocycles. The normalized spacial score (nSPS) is 13.5. The van der Waals surface area contributed by atoms with Crippen LogP contribution < -0.4 is 20.1 Å². The molecule has 5 nitrogen and oxygen atoms in total. The lowest BCUT2D eigenvalue weighted by Crippen LogP contribution is -2.31. The smallest absolute Gasteiger partial charge is 0.246 e. The molecule has 0 bridgehead atoms. The summed E-state index contributed by atoms with van der Waals surface area (Å²) in [6.45, 7) is 3.58. The minimum Gasteiger partial charge on any atom is -0.454 e. The molecule has 1 amide bonds. The summed E-state index contributed by atoms with van der Waals surface area (Å²) in [4.78, 5) is 12.2. The van der Waals surface area contributed by atoms with Gasteiger partial charge < -0.3 is 20.1 Å². The number of amides is 1. The van der Waals surface area contributed by atoms with Crippen LogP contribution in [-0.2, 0) is 4.79 Å². The summed E-state index contributed by atoms with van der Waals surface area (Å²) >= 11 is 0. The van der Waals surface area contributed by atoms with Gasteiger partial charge >= 0.3 is 0 Å². The third kappa shape index (κ3) is 3.36. The number of nitrogens with one attached hydrogen (secondary N) is 2. The van der Waals surface area contributed by atoms with Crippen molar-refractivity contribution in [3.05, 3.63) is 47.8 Å². The Hall–Kier alpha value is -2.76. The maximum Gasteiger partial charge on any atom is 0.246 e. The van der Waals surface area contributed by atoms with E-state index in [2.05, 4.69) is 10.6 Å². The molecule has 23 heavy (non-hydrogen) atoms. The van der Waals surface area contributed by atoms with Crippen LogP contribution in [0, 0.1) is 12.7 Å². The van der Waals surface area contributed by atoms with Crippen LogP contribution in [0.15, 0.2) is 36.4 Å². The van der Waals surface area contributed by atoms with E-state index in [0.717, 1.165) is 0 Å². The van der Waals surface area contributed by atoms with E-state index in [1.54, 1.807) is 44.2 Å². The second-order valence-corrected chi connectivity index (χ2v) is 5.39. The van der Waals surface area contributed by atoms with E-state index < -0.39 is 6.04 Å². The van der Waals surface area contributed by atoms with Crippen LogP contribution in [-0.4, -0.2) is 18.7 Å². The van der Waals surface area contributed by atoms with Gasteiger partial charge in [-0.2, -0.15) is 0 Å². The van der Waals surface area contributed by atoms with Crippen molar-refractivity contribution in [2.45, 2.75) is 19.9 Å². The van der Waals surface area contributed by atoms with Gasteiger partial charge in [0.05, 0.1) is 0 Å². The van der Waals surface area contributed by atoms with Gasteiger partial charge in [-0.1, -0.05) is 6.07 Å². The highest BCUT2D eigenvalue weighted by Crippen LogP contribution is 2.34. The molecule has 1 heterocycles. The lowest BCUT2D eigenvalue weighted by Gasteiger charge is -2.16. The van der Waals surface area contributed by atoms with Gasteiger partial charge in [0.15, 0.2) is 11.5 Å². The summed E-state index contributed by atoms with van der Waals surface area (Å²) in [7, 11) is 0. The lowest BCUT2D eigenvalue weighted by atomic mass is 10.2. The van der Waals surface area contributed by atoms with Gasteiger partial charge in [-0.25, -0.2) is 4.39 Å². The molecule has 1 atom stereocenters. The monoisotopic (exact) mass is 316 g/mol. The van der Waals surface area contributed by atoms with Gasteiger partial charge in [0, 0.05) is 17.4 Å². The molecule has 0 fully saturated rings. The average molecular weight is 316 g/mol. The van der Waals surface area contributed by atoms with Gasteiger partial charge in [0.25, 0.3) is 0 Å². The Labute approximate surface area is 133 Å². The summed E-state index contributed by atoms with van der Waals surface area (Å²) in [5, 5.41) is 5.76. The zero-order chi connectivity index (χ0) is 16.4. The van der Waals surface area contributed by atoms with Crippen LogP contribution in [0.2, 0.25) is 0 Å². The standard InChI is InChI=1S/C17H17FN2O3/c1-10-3-4-12(7-14(10)18)19-11(2)17(21)20-13-5-6-15-16(8-13)23-9-22-15/h3-8,11,19H,9H2,1-2H3,(H,20,21)/t11-/m0/s1. The van der Waals surface area contributed by atoms with E-state index in [1.807, 2.05) is 0 Å². The Balaban J connectivity index is 1.64. The molecular weight excluding hydrogens is 299 g/mol. The molecule has 1 aliphatic rings. The van der Waals surface area contributed by atoms with Crippen molar-refractivity contribution in [1.29, 1.82) is 0 Å². The molecule has 0 radical (unpaired) electrons. The van der Waals surface area contributed by atoms with Crippen molar-refractivity contribution in [3.63, 3.8) is 0 Å². The van der Waals surface area contributed by atoms with E-state index >= 15 is 0 Å². The fraction of sp³-hybridized carbons (Fsp3) is 0.235. The zero-order valence-corrected chi connectivity index (χ0v) is 12.9. The summed E-state index contributed by atoms with van der Waals surface area (Å²) in [6, 6.07) is 9.44. The van der Waals surface area contributed by atoms with Crippen molar-refractivity contribution in [2.75, 3.05) is 17.4 Å². The number of hydrogen-bond donors (Lipinski definition) is 2. The number of carbonyl (C=O) groups is 1. The number of hydrogen-bond acceptors (Lipinski definition) is 4. The first-order valence-corrected chi connectivity index (χ1v) is 7.26. The van der Waals surface area contributed by atoms with Crippen molar-refractivity contribution >= 4 is 17.3 Å². The van der Waals surface area contributed by atoms with Crippen LogP contribution in [0.25, 0.3) is 0 Å². The second kappa shape index (κ2) is 6.16. The molecule has 0 spiro atoms. The Bertz CT molecular complexity index is 749. The fourth-order valence-electron chi connectivity index (χ4n) is 2.22. The van der Waals surface area contributed by atoms with Crippen LogP contribution in [0.3, 0.4) is 0 Å². The summed E-state index contributed by atoms with van der Waals surface area (Å²) < 4.78 is 24.0. The maximum absolute atomic E-state index is 13.5. The molecule has 6 heteroatoms. The molecule has 0 saturated carbocycles. The second-order valence-electron chi connectivity index (χ2n) is 5.39. The van der Waals surface area contributed by atoms with E-state index in [9.17, 15) is 9.18 Å². The number of fused-ring (bicyclic) bond motifs is 1. The SMILES string of the molecule is Cc1ccc(N[C@@H](C)C(=O)Nc2ccc3c(c2)OCO3)cc1F. The van der Waals surface area contributed by atoms with E-state index in [1.165, 1.54) is 6.07 Å². The van der Waals surface area contributed by atoms with Gasteiger partial charge in [-0.05, 0) is 43.7 Å². The molecule has 0 saturated heterocycles. The molecule has 2 N–H and O–H groups in total. The van der Waals surface area contributed by atoms with Gasteiger partial charge in [0.2, 0.25) is 12.7 Å². The van der Waals surface area contributed by atoms with Crippen LogP contribution in [0.5, 0.6) is 11.5 Å². The van der Waals surface area contributed by atoms with Gasteiger partial charge in [-0.15, -0.1) is 0 Å². The molecule has 1 aliphatic heterocycles. The number of ether oxygens (including phenoxy) is 2. The summed E-state index contributed by atoms with van der Waals surface area (Å²) in [6.07, 6.45) is 0. The van der Waals surface area contributed by atoms with Crippen molar-refractivity contribution in [1.82, 2.24) is 0 Å². The molecule has 120 valence electrons. The zero-order valence-electron chi connectivity index (χ0n) is 12.9. The lowest BCUT2D eigenvalue weighted by molar-refractivity contribution is -0.116. The van der Waals surface area contributed by atoms with Gasteiger partial charge in [0.1, 0.15) is 11.9 Å². The van der Waals surface area contributed by atoms with Crippen molar-refractivity contribution < 1.29 is 18.7 Å². The molecule has 2 aromatic rings. The highest BCUT2D eigenvalue weighted by atomic mass is 19.1. The minimum absolute atomic E-state index is 0.184. The maximum atomic E-state index is 13.5. The Morgan fingerprint density at radius 1 is 1.13 bits per heavy atom. The first kappa shape index (κ1) is 15.1. The predicted molar refractivity (Wildman–Crippen MR) is 85.4 cm³/mol. The summed E-state index contributed by atoms with van der Waals surface area (Å²) in [5.41, 5.74) is 1.73. The van der Waals surface area contributed by atoms with Crippen LogP contribution in [0.1, 0.15) is 12.5 Å². The number of anilines is 2. The quantitative estimate of drug-likeness (QED) is 0.908. The topological polar surface area (TPSA) is 59.6 Å². The minimum atomic E-state index is -0.525. The van der Waals surface area contributed by atoms with Crippen LogP contribution >= 0.6 is 0 Å². The van der Waals surface area contributed by atoms with E-state index in [4.69, 9.17) is 9.47 Å². The highest BCUT2D eigenvalue weighted by Gasteiger charge is 2.17. The molecule has 0 aromatic heterocycles. The fourth-order valence-corrected chi connectivity index (χ4v) is 2.22. The average Bonchev–Trinajstić information content (AvgIpc) is 2.98. The largest absolute Gasteiger partial charge is 0.454 e. The number of aryl methyl sites for hydroxylation is 1. The van der Waals surface area contributed by atoms with E-state index in [0.29, 0.717) is 28.4 Å². The number of halogens is 1. The van der Waals surface area contributed by atoms with E-state index in [-0.39, 0.29) is 18.5 Å². The highest BCUT2D eigenvalue weighted by molar-refractivity contribution is 5.96. The first-order chi connectivity index (χ1) is 11.0. The Morgan fingerprint density at radius 2 is 1.87 bits per heavy atom. The predicted octanol–water partition coefficient (Wildman–Crippen LogP) is 3.30. The Kier molecular flexibility index (Phi) is 4.06. The Morgan fingerprint density at radius 3 is 2.65 bits per heavy atom.